The lowest BCUT2D eigenvalue weighted by atomic mass is 10.1. The first kappa shape index (κ1) is 19.2. The summed E-state index contributed by atoms with van der Waals surface area (Å²) >= 11 is 3.50. The minimum absolute atomic E-state index is 0.692. The van der Waals surface area contributed by atoms with Gasteiger partial charge in [0.25, 0.3) is 0 Å². The number of nitrogens with one attached hydrogen (secondary N) is 2. The molecule has 2 N–H and O–H groups in total. The fourth-order valence-corrected chi connectivity index (χ4v) is 3.15. The molecule has 1 aromatic carbocycles. The van der Waals surface area contributed by atoms with Crippen molar-refractivity contribution in [1.29, 1.82) is 0 Å². The molecule has 5 nitrogen and oxygen atoms in total. The Kier molecular flexibility index (Phi) is 8.56. The number of nitrogens with zero attached hydrogens (tertiary/aromatic N) is 2. The number of aliphatic imine (C=N–C) groups is 1. The number of guanidine groups is 1. The number of rotatable bonds is 7. The molecule has 1 saturated heterocycles. The second kappa shape index (κ2) is 10.7. The highest BCUT2D eigenvalue weighted by atomic mass is 79.9. The lowest BCUT2D eigenvalue weighted by Crippen LogP contribution is -2.40. The Balaban J connectivity index is 1.77. The van der Waals surface area contributed by atoms with E-state index < -0.39 is 0 Å². The zero-order valence-electron chi connectivity index (χ0n) is 14.8. The Morgan fingerprint density at radius 2 is 2.08 bits per heavy atom. The van der Waals surface area contributed by atoms with E-state index in [-0.39, 0.29) is 0 Å². The van der Waals surface area contributed by atoms with Crippen molar-refractivity contribution in [2.24, 2.45) is 4.99 Å². The lowest BCUT2D eigenvalue weighted by molar-refractivity contribution is 0.0376. The van der Waals surface area contributed by atoms with Crippen LogP contribution in [0, 0.1) is 6.92 Å². The van der Waals surface area contributed by atoms with Gasteiger partial charge >= 0.3 is 0 Å². The standard InChI is InChI=1S/C18H29BrN4O/c1-3-20-18(21-7-4-8-23-9-11-24-12-10-23)22-14-16-5-6-17(19)13-15(16)2/h5-6,13H,3-4,7-12,14H2,1-2H3,(H2,20,21,22). The molecule has 0 aliphatic carbocycles. The van der Waals surface area contributed by atoms with Crippen molar-refractivity contribution < 1.29 is 4.74 Å². The molecule has 0 saturated carbocycles. The molecule has 1 aromatic rings. The number of halogens is 1. The third-order valence-electron chi connectivity index (χ3n) is 4.10. The van der Waals surface area contributed by atoms with Crippen LogP contribution in [0.15, 0.2) is 27.7 Å². The monoisotopic (exact) mass is 396 g/mol. The normalized spacial score (nSPS) is 16.2. The van der Waals surface area contributed by atoms with Gasteiger partial charge in [0.05, 0.1) is 19.8 Å². The van der Waals surface area contributed by atoms with Crippen LogP contribution in [-0.2, 0) is 11.3 Å². The van der Waals surface area contributed by atoms with Crippen LogP contribution in [0.2, 0.25) is 0 Å². The Morgan fingerprint density at radius 1 is 1.29 bits per heavy atom. The van der Waals surface area contributed by atoms with Crippen molar-refractivity contribution in [1.82, 2.24) is 15.5 Å². The fraction of sp³-hybridized carbons (Fsp3) is 0.611. The largest absolute Gasteiger partial charge is 0.379 e. The summed E-state index contributed by atoms with van der Waals surface area (Å²) in [6.07, 6.45) is 1.11. The smallest absolute Gasteiger partial charge is 0.191 e. The molecule has 0 bridgehead atoms. The van der Waals surface area contributed by atoms with E-state index >= 15 is 0 Å². The molecule has 1 aliphatic heterocycles. The van der Waals surface area contributed by atoms with Crippen LogP contribution >= 0.6 is 15.9 Å². The molecule has 24 heavy (non-hydrogen) atoms. The van der Waals surface area contributed by atoms with E-state index in [0.29, 0.717) is 6.54 Å². The van der Waals surface area contributed by atoms with Gasteiger partial charge in [-0.25, -0.2) is 4.99 Å². The fourth-order valence-electron chi connectivity index (χ4n) is 2.68. The molecular formula is C18H29BrN4O. The summed E-state index contributed by atoms with van der Waals surface area (Å²) in [5.41, 5.74) is 2.51. The molecule has 1 aliphatic rings. The molecule has 0 radical (unpaired) electrons. The summed E-state index contributed by atoms with van der Waals surface area (Å²) in [6, 6.07) is 6.33. The van der Waals surface area contributed by atoms with Crippen molar-refractivity contribution in [3.63, 3.8) is 0 Å². The predicted octanol–water partition coefficient (Wildman–Crippen LogP) is 2.53. The van der Waals surface area contributed by atoms with Gasteiger partial charge in [0.2, 0.25) is 0 Å². The maximum Gasteiger partial charge on any atom is 0.191 e. The minimum Gasteiger partial charge on any atom is -0.379 e. The van der Waals surface area contributed by atoms with Crippen LogP contribution in [0.1, 0.15) is 24.5 Å². The average molecular weight is 397 g/mol. The van der Waals surface area contributed by atoms with Crippen LogP contribution < -0.4 is 10.6 Å². The number of ether oxygens (including phenoxy) is 1. The first-order valence-corrected chi connectivity index (χ1v) is 9.55. The highest BCUT2D eigenvalue weighted by Crippen LogP contribution is 2.16. The quantitative estimate of drug-likeness (QED) is 0.422. The summed E-state index contributed by atoms with van der Waals surface area (Å²) in [5, 5.41) is 6.75. The Bertz CT molecular complexity index is 530. The average Bonchev–Trinajstić information content (AvgIpc) is 2.58. The van der Waals surface area contributed by atoms with Crippen molar-refractivity contribution in [3.8, 4) is 0 Å². The Labute approximate surface area is 154 Å². The number of benzene rings is 1. The maximum atomic E-state index is 5.38. The molecule has 0 amide bonds. The summed E-state index contributed by atoms with van der Waals surface area (Å²) < 4.78 is 6.49. The summed E-state index contributed by atoms with van der Waals surface area (Å²) in [6.45, 7) is 11.7. The van der Waals surface area contributed by atoms with Crippen LogP contribution in [-0.4, -0.2) is 56.8 Å². The summed E-state index contributed by atoms with van der Waals surface area (Å²) in [5.74, 6) is 0.891. The van der Waals surface area contributed by atoms with Crippen molar-refractivity contribution in [3.05, 3.63) is 33.8 Å². The van der Waals surface area contributed by atoms with Gasteiger partial charge in [0.1, 0.15) is 0 Å². The lowest BCUT2D eigenvalue weighted by Gasteiger charge is -2.26. The summed E-state index contributed by atoms with van der Waals surface area (Å²) in [7, 11) is 0. The van der Waals surface area contributed by atoms with E-state index in [1.54, 1.807) is 0 Å². The zero-order chi connectivity index (χ0) is 17.2. The van der Waals surface area contributed by atoms with Gasteiger partial charge in [-0.2, -0.15) is 0 Å². The topological polar surface area (TPSA) is 48.9 Å². The second-order valence-corrected chi connectivity index (χ2v) is 6.92. The van der Waals surface area contributed by atoms with Crippen LogP contribution in [0.3, 0.4) is 0 Å². The van der Waals surface area contributed by atoms with Gasteiger partial charge in [-0.1, -0.05) is 22.0 Å². The van der Waals surface area contributed by atoms with E-state index in [2.05, 4.69) is 63.5 Å². The van der Waals surface area contributed by atoms with Crippen LogP contribution in [0.5, 0.6) is 0 Å². The molecule has 0 spiro atoms. The molecule has 6 heteroatoms. The third-order valence-corrected chi connectivity index (χ3v) is 4.60. The molecule has 0 aromatic heterocycles. The number of aryl methyl sites for hydroxylation is 1. The molecule has 134 valence electrons. The van der Waals surface area contributed by atoms with Crippen molar-refractivity contribution in [2.45, 2.75) is 26.8 Å². The first-order chi connectivity index (χ1) is 11.7. The van der Waals surface area contributed by atoms with Gasteiger partial charge in [0, 0.05) is 30.7 Å². The molecule has 1 heterocycles. The van der Waals surface area contributed by atoms with Gasteiger partial charge in [-0.05, 0) is 50.1 Å². The molecule has 2 rings (SSSR count). The third kappa shape index (κ3) is 6.79. The number of hydrogen-bond donors (Lipinski definition) is 2. The highest BCUT2D eigenvalue weighted by molar-refractivity contribution is 9.10. The van der Waals surface area contributed by atoms with Gasteiger partial charge < -0.3 is 15.4 Å². The molecule has 0 atom stereocenters. The van der Waals surface area contributed by atoms with Gasteiger partial charge in [-0.3, -0.25) is 4.90 Å². The molecular weight excluding hydrogens is 368 g/mol. The van der Waals surface area contributed by atoms with E-state index in [1.807, 2.05) is 0 Å². The Hall–Kier alpha value is -1.11. The SMILES string of the molecule is CCNC(=NCc1ccc(Br)cc1C)NCCCN1CCOCC1. The van der Waals surface area contributed by atoms with E-state index in [0.717, 1.165) is 62.8 Å². The van der Waals surface area contributed by atoms with E-state index in [9.17, 15) is 0 Å². The number of morpholine rings is 1. The van der Waals surface area contributed by atoms with Gasteiger partial charge in [-0.15, -0.1) is 0 Å². The summed E-state index contributed by atoms with van der Waals surface area (Å²) in [4.78, 5) is 7.16. The number of hydrogen-bond acceptors (Lipinski definition) is 3. The molecule has 1 fully saturated rings. The van der Waals surface area contributed by atoms with Crippen molar-refractivity contribution in [2.75, 3.05) is 45.9 Å². The van der Waals surface area contributed by atoms with E-state index in [4.69, 9.17) is 9.73 Å². The Morgan fingerprint density at radius 3 is 2.79 bits per heavy atom. The predicted molar refractivity (Wildman–Crippen MR) is 104 cm³/mol. The van der Waals surface area contributed by atoms with Crippen LogP contribution in [0.4, 0.5) is 0 Å². The van der Waals surface area contributed by atoms with E-state index in [1.165, 1.54) is 11.1 Å². The highest BCUT2D eigenvalue weighted by Gasteiger charge is 2.09. The van der Waals surface area contributed by atoms with Crippen molar-refractivity contribution >= 4 is 21.9 Å². The second-order valence-electron chi connectivity index (χ2n) is 6.00. The van der Waals surface area contributed by atoms with Crippen LogP contribution in [0.25, 0.3) is 0 Å². The first-order valence-electron chi connectivity index (χ1n) is 8.76. The minimum atomic E-state index is 0.692. The molecule has 0 unspecified atom stereocenters. The zero-order valence-corrected chi connectivity index (χ0v) is 16.4. The maximum absolute atomic E-state index is 5.38. The van der Waals surface area contributed by atoms with Gasteiger partial charge in [0.15, 0.2) is 5.96 Å².